The Bertz CT molecular complexity index is 464. The van der Waals surface area contributed by atoms with Crippen molar-refractivity contribution in [3.8, 4) is 11.5 Å². The Balaban J connectivity index is 1.96. The van der Waals surface area contributed by atoms with E-state index in [-0.39, 0.29) is 0 Å². The summed E-state index contributed by atoms with van der Waals surface area (Å²) in [6.45, 7) is 6.65. The molecule has 0 radical (unpaired) electrons. The Morgan fingerprint density at radius 1 is 1.19 bits per heavy atom. The van der Waals surface area contributed by atoms with Crippen LogP contribution in [0.1, 0.15) is 25.8 Å². The molecular formula is C17H28N2O2. The van der Waals surface area contributed by atoms with Crippen molar-refractivity contribution in [2.45, 2.75) is 38.9 Å². The van der Waals surface area contributed by atoms with E-state index in [4.69, 9.17) is 9.47 Å². The molecule has 1 fully saturated rings. The SMILES string of the molecule is COc1ccc(CN[C@@H]2C[C@@H](C)N(C)C[C@H]2C)cc1OC. The Morgan fingerprint density at radius 3 is 2.57 bits per heavy atom. The van der Waals surface area contributed by atoms with Crippen LogP contribution in [0.25, 0.3) is 0 Å². The van der Waals surface area contributed by atoms with Crippen molar-refractivity contribution >= 4 is 0 Å². The quantitative estimate of drug-likeness (QED) is 0.904. The van der Waals surface area contributed by atoms with Gasteiger partial charge in [0, 0.05) is 25.2 Å². The second kappa shape index (κ2) is 7.14. The maximum Gasteiger partial charge on any atom is 0.161 e. The number of hydrogen-bond donors (Lipinski definition) is 1. The fraction of sp³-hybridized carbons (Fsp3) is 0.647. The molecule has 0 aromatic heterocycles. The zero-order chi connectivity index (χ0) is 15.4. The van der Waals surface area contributed by atoms with E-state index in [1.54, 1.807) is 14.2 Å². The van der Waals surface area contributed by atoms with Crippen molar-refractivity contribution in [1.82, 2.24) is 10.2 Å². The Hall–Kier alpha value is -1.26. The number of hydrogen-bond acceptors (Lipinski definition) is 4. The molecule has 4 nitrogen and oxygen atoms in total. The lowest BCUT2D eigenvalue weighted by Crippen LogP contribution is -2.50. The van der Waals surface area contributed by atoms with Crippen LogP contribution in [-0.2, 0) is 6.54 Å². The molecule has 1 N–H and O–H groups in total. The molecule has 2 rings (SSSR count). The zero-order valence-corrected chi connectivity index (χ0v) is 13.8. The summed E-state index contributed by atoms with van der Waals surface area (Å²) in [5.41, 5.74) is 1.23. The van der Waals surface area contributed by atoms with Gasteiger partial charge >= 0.3 is 0 Å². The van der Waals surface area contributed by atoms with Gasteiger partial charge in [-0.3, -0.25) is 0 Å². The molecule has 1 aromatic rings. The lowest BCUT2D eigenvalue weighted by Gasteiger charge is -2.40. The molecule has 0 saturated carbocycles. The van der Waals surface area contributed by atoms with E-state index in [9.17, 15) is 0 Å². The topological polar surface area (TPSA) is 33.7 Å². The van der Waals surface area contributed by atoms with E-state index in [1.165, 1.54) is 12.0 Å². The minimum absolute atomic E-state index is 0.573. The van der Waals surface area contributed by atoms with E-state index in [0.29, 0.717) is 18.0 Å². The molecule has 0 spiro atoms. The van der Waals surface area contributed by atoms with E-state index in [0.717, 1.165) is 24.6 Å². The first-order chi connectivity index (χ1) is 10.0. The van der Waals surface area contributed by atoms with Gasteiger partial charge in [0.2, 0.25) is 0 Å². The largest absolute Gasteiger partial charge is 0.493 e. The minimum atomic E-state index is 0.573. The summed E-state index contributed by atoms with van der Waals surface area (Å²) in [7, 11) is 5.55. The maximum absolute atomic E-state index is 5.36. The van der Waals surface area contributed by atoms with Crippen LogP contribution in [0.3, 0.4) is 0 Å². The fourth-order valence-corrected chi connectivity index (χ4v) is 3.07. The first kappa shape index (κ1) is 16.1. The first-order valence-corrected chi connectivity index (χ1v) is 7.69. The minimum Gasteiger partial charge on any atom is -0.493 e. The smallest absolute Gasteiger partial charge is 0.161 e. The summed E-state index contributed by atoms with van der Waals surface area (Å²) >= 11 is 0. The molecule has 1 saturated heterocycles. The van der Waals surface area contributed by atoms with Gasteiger partial charge in [0.05, 0.1) is 14.2 Å². The van der Waals surface area contributed by atoms with Crippen molar-refractivity contribution in [1.29, 1.82) is 0 Å². The molecule has 0 unspecified atom stereocenters. The average Bonchev–Trinajstić information content (AvgIpc) is 2.49. The molecule has 21 heavy (non-hydrogen) atoms. The number of nitrogens with one attached hydrogen (secondary N) is 1. The lowest BCUT2D eigenvalue weighted by atomic mass is 9.89. The van der Waals surface area contributed by atoms with E-state index in [2.05, 4.69) is 43.2 Å². The second-order valence-corrected chi connectivity index (χ2v) is 6.18. The van der Waals surface area contributed by atoms with Gasteiger partial charge in [-0.25, -0.2) is 0 Å². The van der Waals surface area contributed by atoms with E-state index < -0.39 is 0 Å². The lowest BCUT2D eigenvalue weighted by molar-refractivity contribution is 0.121. The van der Waals surface area contributed by atoms with Gasteiger partial charge in [-0.05, 0) is 44.0 Å². The van der Waals surface area contributed by atoms with E-state index in [1.807, 2.05) is 6.07 Å². The summed E-state index contributed by atoms with van der Waals surface area (Å²) in [4.78, 5) is 2.44. The zero-order valence-electron chi connectivity index (χ0n) is 13.8. The molecule has 1 aliphatic rings. The van der Waals surface area contributed by atoms with Gasteiger partial charge in [-0.1, -0.05) is 13.0 Å². The summed E-state index contributed by atoms with van der Waals surface area (Å²) < 4.78 is 10.6. The van der Waals surface area contributed by atoms with Crippen LogP contribution in [-0.4, -0.2) is 44.8 Å². The van der Waals surface area contributed by atoms with Crippen LogP contribution in [0.4, 0.5) is 0 Å². The van der Waals surface area contributed by atoms with Gasteiger partial charge < -0.3 is 19.7 Å². The van der Waals surface area contributed by atoms with Crippen LogP contribution in [0, 0.1) is 5.92 Å². The second-order valence-electron chi connectivity index (χ2n) is 6.18. The van der Waals surface area contributed by atoms with Crippen molar-refractivity contribution < 1.29 is 9.47 Å². The number of methoxy groups -OCH3 is 2. The highest BCUT2D eigenvalue weighted by Crippen LogP contribution is 2.28. The van der Waals surface area contributed by atoms with Crippen molar-refractivity contribution in [3.05, 3.63) is 23.8 Å². The van der Waals surface area contributed by atoms with Crippen LogP contribution in [0.2, 0.25) is 0 Å². The van der Waals surface area contributed by atoms with Crippen LogP contribution in [0.5, 0.6) is 11.5 Å². The molecule has 118 valence electrons. The molecule has 3 atom stereocenters. The number of nitrogens with zero attached hydrogens (tertiary/aromatic N) is 1. The molecule has 1 heterocycles. The first-order valence-electron chi connectivity index (χ1n) is 7.69. The molecule has 0 aliphatic carbocycles. The monoisotopic (exact) mass is 292 g/mol. The molecule has 0 amide bonds. The van der Waals surface area contributed by atoms with Gasteiger partial charge in [-0.2, -0.15) is 0 Å². The van der Waals surface area contributed by atoms with Crippen molar-refractivity contribution in [2.24, 2.45) is 5.92 Å². The number of likely N-dealkylation sites (tertiary alicyclic amines) is 1. The number of ether oxygens (including phenoxy) is 2. The summed E-state index contributed by atoms with van der Waals surface area (Å²) in [5.74, 6) is 2.25. The Morgan fingerprint density at radius 2 is 1.90 bits per heavy atom. The van der Waals surface area contributed by atoms with Gasteiger partial charge in [0.1, 0.15) is 0 Å². The highest BCUT2D eigenvalue weighted by atomic mass is 16.5. The van der Waals surface area contributed by atoms with Gasteiger partial charge in [0.15, 0.2) is 11.5 Å². The third-order valence-electron chi connectivity index (χ3n) is 4.63. The average molecular weight is 292 g/mol. The van der Waals surface area contributed by atoms with Crippen molar-refractivity contribution in [2.75, 3.05) is 27.8 Å². The van der Waals surface area contributed by atoms with Gasteiger partial charge in [0.25, 0.3) is 0 Å². The fourth-order valence-electron chi connectivity index (χ4n) is 3.07. The highest BCUT2D eigenvalue weighted by Gasteiger charge is 2.28. The van der Waals surface area contributed by atoms with E-state index >= 15 is 0 Å². The third-order valence-corrected chi connectivity index (χ3v) is 4.63. The normalized spacial score (nSPS) is 26.6. The Kier molecular flexibility index (Phi) is 5.48. The molecular weight excluding hydrogens is 264 g/mol. The Labute approximate surface area is 128 Å². The number of rotatable bonds is 5. The molecule has 0 bridgehead atoms. The summed E-state index contributed by atoms with van der Waals surface area (Å²) in [6.07, 6.45) is 1.20. The highest BCUT2D eigenvalue weighted by molar-refractivity contribution is 5.42. The van der Waals surface area contributed by atoms with Gasteiger partial charge in [-0.15, -0.1) is 0 Å². The van der Waals surface area contributed by atoms with Crippen LogP contribution in [0.15, 0.2) is 18.2 Å². The molecule has 4 heteroatoms. The third kappa shape index (κ3) is 3.89. The maximum atomic E-state index is 5.36. The number of piperidine rings is 1. The number of benzene rings is 1. The predicted octanol–water partition coefficient (Wildman–Crippen LogP) is 2.52. The molecule has 1 aliphatic heterocycles. The predicted molar refractivity (Wildman–Crippen MR) is 86.0 cm³/mol. The van der Waals surface area contributed by atoms with Crippen LogP contribution >= 0.6 is 0 Å². The molecule has 1 aromatic carbocycles. The summed E-state index contributed by atoms with van der Waals surface area (Å²) in [5, 5.41) is 3.70. The van der Waals surface area contributed by atoms with Crippen molar-refractivity contribution in [3.63, 3.8) is 0 Å². The summed E-state index contributed by atoms with van der Waals surface area (Å²) in [6, 6.07) is 7.33. The standard InChI is InChI=1S/C17H28N2O2/c1-12-11-19(3)13(2)8-15(12)18-10-14-6-7-16(20-4)17(9-14)21-5/h6-7,9,12-13,15,18H,8,10-11H2,1-5H3/t12-,13-,15-/m1/s1. The van der Waals surface area contributed by atoms with Crippen LogP contribution < -0.4 is 14.8 Å².